The second kappa shape index (κ2) is 9.50. The number of anilines is 3. The van der Waals surface area contributed by atoms with Gasteiger partial charge in [0.2, 0.25) is 5.95 Å². The molecule has 4 N–H and O–H groups in total. The first-order valence-corrected chi connectivity index (χ1v) is 9.30. The van der Waals surface area contributed by atoms with Gasteiger partial charge in [-0.2, -0.15) is 4.98 Å². The highest BCUT2D eigenvalue weighted by molar-refractivity contribution is 5.98. The summed E-state index contributed by atoms with van der Waals surface area (Å²) in [5, 5.41) is 8.74. The number of amides is 2. The Kier molecular flexibility index (Phi) is 6.56. The molecule has 0 radical (unpaired) electrons. The zero-order valence-corrected chi connectivity index (χ0v) is 16.1. The molecule has 3 aromatic rings. The summed E-state index contributed by atoms with van der Waals surface area (Å²) < 4.78 is 0. The number of H-pyrrole nitrogens is 1. The number of hydrogen-bond donors (Lipinski definition) is 4. The van der Waals surface area contributed by atoms with Crippen molar-refractivity contribution in [1.82, 2.24) is 19.9 Å². The predicted molar refractivity (Wildman–Crippen MR) is 111 cm³/mol. The van der Waals surface area contributed by atoms with Gasteiger partial charge in [0.15, 0.2) is 0 Å². The first-order valence-electron chi connectivity index (χ1n) is 9.30. The molecule has 0 spiro atoms. The SMILES string of the molecule is Cc1ccc(NC(=O)Nc2nc(C)cc(NCCCCc3cnc[nH]3)n2)cc1. The Morgan fingerprint density at radius 1 is 1.07 bits per heavy atom. The highest BCUT2D eigenvalue weighted by Crippen LogP contribution is 2.12. The summed E-state index contributed by atoms with van der Waals surface area (Å²) in [5.41, 5.74) is 3.77. The lowest BCUT2D eigenvalue weighted by atomic mass is 10.2. The van der Waals surface area contributed by atoms with Crippen LogP contribution in [0.2, 0.25) is 0 Å². The van der Waals surface area contributed by atoms with E-state index in [1.54, 1.807) is 6.33 Å². The van der Waals surface area contributed by atoms with Gasteiger partial charge in [0.25, 0.3) is 0 Å². The number of imidazole rings is 1. The molecule has 0 saturated heterocycles. The van der Waals surface area contributed by atoms with Gasteiger partial charge in [-0.15, -0.1) is 0 Å². The van der Waals surface area contributed by atoms with Crippen LogP contribution in [0, 0.1) is 13.8 Å². The number of nitrogens with one attached hydrogen (secondary N) is 4. The number of aromatic amines is 1. The molecular weight excluding hydrogens is 354 g/mol. The molecule has 2 amide bonds. The molecule has 0 aliphatic heterocycles. The van der Waals surface area contributed by atoms with Crippen molar-refractivity contribution >= 4 is 23.5 Å². The van der Waals surface area contributed by atoms with Crippen LogP contribution in [0.4, 0.5) is 22.2 Å². The largest absolute Gasteiger partial charge is 0.370 e. The minimum absolute atomic E-state index is 0.268. The summed E-state index contributed by atoms with van der Waals surface area (Å²) >= 11 is 0. The summed E-state index contributed by atoms with van der Waals surface area (Å²) in [7, 11) is 0. The molecule has 0 aliphatic rings. The zero-order chi connectivity index (χ0) is 19.8. The van der Waals surface area contributed by atoms with Gasteiger partial charge in [-0.25, -0.2) is 14.8 Å². The summed E-state index contributed by atoms with van der Waals surface area (Å²) in [4.78, 5) is 27.9. The third-order valence-electron chi connectivity index (χ3n) is 4.12. The predicted octanol–water partition coefficient (Wildman–Crippen LogP) is 3.90. The quantitative estimate of drug-likeness (QED) is 0.444. The maximum Gasteiger partial charge on any atom is 0.326 e. The average Bonchev–Trinajstić information content (AvgIpc) is 3.16. The number of aromatic nitrogens is 4. The maximum absolute atomic E-state index is 12.2. The van der Waals surface area contributed by atoms with Crippen LogP contribution in [0.1, 0.15) is 29.8 Å². The molecule has 28 heavy (non-hydrogen) atoms. The van der Waals surface area contributed by atoms with Crippen LogP contribution in [-0.4, -0.2) is 32.5 Å². The highest BCUT2D eigenvalue weighted by atomic mass is 16.2. The summed E-state index contributed by atoms with van der Waals surface area (Å²) in [6.07, 6.45) is 6.56. The maximum atomic E-state index is 12.2. The van der Waals surface area contributed by atoms with E-state index in [1.165, 1.54) is 0 Å². The number of aryl methyl sites for hydroxylation is 3. The lowest BCUT2D eigenvalue weighted by molar-refractivity contribution is 0.262. The van der Waals surface area contributed by atoms with Gasteiger partial charge in [0, 0.05) is 35.9 Å². The lowest BCUT2D eigenvalue weighted by Crippen LogP contribution is -2.21. The lowest BCUT2D eigenvalue weighted by Gasteiger charge is -2.10. The van der Waals surface area contributed by atoms with Crippen molar-refractivity contribution in [2.75, 3.05) is 22.5 Å². The molecule has 8 nitrogen and oxygen atoms in total. The van der Waals surface area contributed by atoms with Crippen LogP contribution >= 0.6 is 0 Å². The third-order valence-corrected chi connectivity index (χ3v) is 4.12. The van der Waals surface area contributed by atoms with Crippen LogP contribution in [0.15, 0.2) is 42.9 Å². The molecular formula is C20H25N7O. The number of benzene rings is 1. The first kappa shape index (κ1) is 19.3. The molecule has 3 rings (SSSR count). The van der Waals surface area contributed by atoms with E-state index in [4.69, 9.17) is 0 Å². The second-order valence-electron chi connectivity index (χ2n) is 6.62. The average molecular weight is 379 g/mol. The number of hydrogen-bond acceptors (Lipinski definition) is 5. The topological polar surface area (TPSA) is 108 Å². The molecule has 1 aromatic carbocycles. The minimum atomic E-state index is -0.375. The first-order chi connectivity index (χ1) is 13.6. The normalized spacial score (nSPS) is 10.5. The molecule has 146 valence electrons. The van der Waals surface area contributed by atoms with Gasteiger partial charge in [-0.3, -0.25) is 5.32 Å². The molecule has 0 atom stereocenters. The van der Waals surface area contributed by atoms with Crippen LogP contribution in [0.25, 0.3) is 0 Å². The van der Waals surface area contributed by atoms with Gasteiger partial charge in [0.1, 0.15) is 5.82 Å². The second-order valence-corrected chi connectivity index (χ2v) is 6.62. The van der Waals surface area contributed by atoms with Gasteiger partial charge < -0.3 is 15.6 Å². The summed E-state index contributed by atoms with van der Waals surface area (Å²) in [6.45, 7) is 4.66. The Labute approximate surface area is 164 Å². The standard InChI is InChI=1S/C20H25N7O/c1-14-6-8-16(9-7-14)25-20(28)27-19-24-15(2)11-18(26-19)22-10-4-3-5-17-12-21-13-23-17/h6-9,11-13H,3-5,10H2,1-2H3,(H,21,23)(H3,22,24,25,26,27,28). The fourth-order valence-electron chi connectivity index (χ4n) is 2.69. The number of carbonyl (C=O) groups is 1. The van der Waals surface area contributed by atoms with Crippen molar-refractivity contribution in [3.8, 4) is 0 Å². The van der Waals surface area contributed by atoms with Crippen LogP contribution in [0.5, 0.6) is 0 Å². The molecule has 2 heterocycles. The number of urea groups is 1. The fourth-order valence-corrected chi connectivity index (χ4v) is 2.69. The van der Waals surface area contributed by atoms with E-state index in [1.807, 2.05) is 50.4 Å². The third kappa shape index (κ3) is 6.08. The van der Waals surface area contributed by atoms with E-state index in [9.17, 15) is 4.79 Å². The summed E-state index contributed by atoms with van der Waals surface area (Å²) in [5.74, 6) is 0.962. The van der Waals surface area contributed by atoms with Gasteiger partial charge in [0.05, 0.1) is 6.33 Å². The van der Waals surface area contributed by atoms with Crippen LogP contribution in [-0.2, 0) is 6.42 Å². The van der Waals surface area contributed by atoms with Gasteiger partial charge >= 0.3 is 6.03 Å². The Bertz CT molecular complexity index is 891. The molecule has 8 heteroatoms. The Hall–Kier alpha value is -3.42. The van der Waals surface area contributed by atoms with E-state index in [-0.39, 0.29) is 12.0 Å². The Morgan fingerprint density at radius 3 is 2.64 bits per heavy atom. The number of nitrogens with zero attached hydrogens (tertiary/aromatic N) is 3. The van der Waals surface area contributed by atoms with E-state index >= 15 is 0 Å². The van der Waals surface area contributed by atoms with Gasteiger partial charge in [-0.05, 0) is 45.2 Å². The molecule has 0 aliphatic carbocycles. The molecule has 0 unspecified atom stereocenters. The molecule has 0 bridgehead atoms. The monoisotopic (exact) mass is 379 g/mol. The van der Waals surface area contributed by atoms with Crippen molar-refractivity contribution in [2.45, 2.75) is 33.1 Å². The van der Waals surface area contributed by atoms with Crippen molar-refractivity contribution in [3.05, 3.63) is 59.8 Å². The van der Waals surface area contributed by atoms with Crippen molar-refractivity contribution in [3.63, 3.8) is 0 Å². The molecule has 2 aromatic heterocycles. The summed E-state index contributed by atoms with van der Waals surface area (Å²) in [6, 6.07) is 9.06. The highest BCUT2D eigenvalue weighted by Gasteiger charge is 2.07. The number of rotatable bonds is 8. The molecule has 0 fully saturated rings. The van der Waals surface area contributed by atoms with Crippen LogP contribution in [0.3, 0.4) is 0 Å². The number of carbonyl (C=O) groups excluding carboxylic acids is 1. The Morgan fingerprint density at radius 2 is 1.89 bits per heavy atom. The van der Waals surface area contributed by atoms with Gasteiger partial charge in [-0.1, -0.05) is 17.7 Å². The van der Waals surface area contributed by atoms with E-state index in [2.05, 4.69) is 35.9 Å². The number of unbranched alkanes of at least 4 members (excludes halogenated alkanes) is 1. The van der Waals surface area contributed by atoms with E-state index in [0.29, 0.717) is 11.5 Å². The molecule has 0 saturated carbocycles. The zero-order valence-electron chi connectivity index (χ0n) is 16.1. The van der Waals surface area contributed by atoms with Crippen molar-refractivity contribution in [1.29, 1.82) is 0 Å². The van der Waals surface area contributed by atoms with Crippen molar-refractivity contribution in [2.24, 2.45) is 0 Å². The van der Waals surface area contributed by atoms with E-state index in [0.717, 1.165) is 42.8 Å². The minimum Gasteiger partial charge on any atom is -0.370 e. The fraction of sp³-hybridized carbons (Fsp3) is 0.300. The smallest absolute Gasteiger partial charge is 0.326 e. The van der Waals surface area contributed by atoms with Crippen molar-refractivity contribution < 1.29 is 4.79 Å². The Balaban J connectivity index is 1.47. The van der Waals surface area contributed by atoms with Crippen LogP contribution < -0.4 is 16.0 Å². The van der Waals surface area contributed by atoms with E-state index < -0.39 is 0 Å².